The molecule has 2 amide bonds. The second kappa shape index (κ2) is 8.61. The highest BCUT2D eigenvalue weighted by Gasteiger charge is 2.26. The van der Waals surface area contributed by atoms with Crippen molar-refractivity contribution >= 4 is 29.2 Å². The van der Waals surface area contributed by atoms with Crippen molar-refractivity contribution in [3.05, 3.63) is 52.1 Å². The van der Waals surface area contributed by atoms with Crippen molar-refractivity contribution in [2.45, 2.75) is 46.1 Å². The van der Waals surface area contributed by atoms with Crippen molar-refractivity contribution in [2.24, 2.45) is 5.73 Å². The molecule has 1 aliphatic rings. The van der Waals surface area contributed by atoms with Gasteiger partial charge < -0.3 is 21.4 Å². The van der Waals surface area contributed by atoms with Crippen molar-refractivity contribution < 1.29 is 14.0 Å². The fourth-order valence-electron chi connectivity index (χ4n) is 3.66. The number of fused-ring (bicyclic) bond motifs is 1. The van der Waals surface area contributed by atoms with Crippen molar-refractivity contribution in [3.63, 3.8) is 0 Å². The minimum absolute atomic E-state index is 0.0755. The summed E-state index contributed by atoms with van der Waals surface area (Å²) in [5, 5.41) is 5.74. The van der Waals surface area contributed by atoms with Crippen LogP contribution in [0.4, 0.5) is 10.1 Å². The van der Waals surface area contributed by atoms with Crippen LogP contribution in [0.15, 0.2) is 18.2 Å². The number of anilines is 1. The molecule has 1 atom stereocenters. The number of rotatable bonds is 7. The van der Waals surface area contributed by atoms with E-state index in [1.54, 1.807) is 12.1 Å². The molecule has 0 fully saturated rings. The summed E-state index contributed by atoms with van der Waals surface area (Å²) in [6.07, 6.45) is 4.53. The highest BCUT2D eigenvalue weighted by atomic mass is 19.1. The minimum atomic E-state index is -0.412. The molecule has 0 saturated heterocycles. The van der Waals surface area contributed by atoms with Gasteiger partial charge in [-0.1, -0.05) is 19.8 Å². The van der Waals surface area contributed by atoms with Gasteiger partial charge in [0.25, 0.3) is 11.8 Å². The number of carbonyl (C=O) groups excluding carboxylic acids is 2. The monoisotopic (exact) mass is 398 g/mol. The van der Waals surface area contributed by atoms with Crippen LogP contribution < -0.4 is 16.4 Å². The summed E-state index contributed by atoms with van der Waals surface area (Å²) in [5.74, 6) is -0.897. The van der Waals surface area contributed by atoms with Gasteiger partial charge in [0.2, 0.25) is 0 Å². The third-order valence-electron chi connectivity index (χ3n) is 5.28. The summed E-state index contributed by atoms with van der Waals surface area (Å²) < 4.78 is 13.7. The molecule has 6 nitrogen and oxygen atoms in total. The number of hydrogen-bond donors (Lipinski definition) is 4. The van der Waals surface area contributed by atoms with Gasteiger partial charge >= 0.3 is 0 Å². The zero-order valence-electron chi connectivity index (χ0n) is 17.0. The molecule has 0 saturated carbocycles. The number of halogens is 1. The summed E-state index contributed by atoms with van der Waals surface area (Å²) in [4.78, 5) is 28.4. The van der Waals surface area contributed by atoms with Crippen LogP contribution >= 0.6 is 0 Å². The van der Waals surface area contributed by atoms with Crippen molar-refractivity contribution in [2.75, 3.05) is 11.9 Å². The van der Waals surface area contributed by atoms with E-state index in [2.05, 4.69) is 22.5 Å². The van der Waals surface area contributed by atoms with Crippen molar-refractivity contribution in [1.29, 1.82) is 0 Å². The summed E-state index contributed by atoms with van der Waals surface area (Å²) in [5.41, 5.74) is 9.87. The molecule has 7 heteroatoms. The van der Waals surface area contributed by atoms with E-state index in [0.717, 1.165) is 24.8 Å². The second-order valence-electron chi connectivity index (χ2n) is 7.41. The first-order valence-corrected chi connectivity index (χ1v) is 9.88. The third-order valence-corrected chi connectivity index (χ3v) is 5.28. The normalized spacial score (nSPS) is 15.3. The number of unbranched alkanes of at least 4 members (excludes halogenated alkanes) is 1. The quantitative estimate of drug-likeness (QED) is 0.537. The topological polar surface area (TPSA) is 100 Å². The molecule has 1 aliphatic heterocycles. The molecular formula is C22H27FN4O2. The Balaban J connectivity index is 1.91. The standard InChI is InChI=1S/C22H27FN4O2/c1-4-5-6-15(11-24)26-22(29)20-12(2)19(25-13(20)3)10-17-16-9-14(23)7-8-18(16)27-21(17)28/h7-10,15,25H,4-6,11,24H2,1-3H3,(H,26,29)(H,27,28)/b17-10+. The molecule has 1 unspecified atom stereocenters. The van der Waals surface area contributed by atoms with Gasteiger partial charge in [0, 0.05) is 35.2 Å². The maximum Gasteiger partial charge on any atom is 0.256 e. The van der Waals surface area contributed by atoms with Gasteiger partial charge in [-0.05, 0) is 50.1 Å². The molecule has 5 N–H and O–H groups in total. The largest absolute Gasteiger partial charge is 0.358 e. The number of carbonyl (C=O) groups is 2. The van der Waals surface area contributed by atoms with E-state index in [4.69, 9.17) is 5.73 Å². The molecular weight excluding hydrogens is 371 g/mol. The summed E-state index contributed by atoms with van der Waals surface area (Å²) >= 11 is 0. The number of aromatic nitrogens is 1. The second-order valence-corrected chi connectivity index (χ2v) is 7.41. The van der Waals surface area contributed by atoms with Crippen LogP contribution in [0.1, 0.15) is 59.1 Å². The average molecular weight is 398 g/mol. The SMILES string of the molecule is CCCCC(CN)NC(=O)c1c(C)[nH]c(/C=C2/C(=O)Nc3ccc(F)cc32)c1C. The summed E-state index contributed by atoms with van der Waals surface area (Å²) in [7, 11) is 0. The number of amides is 2. The Morgan fingerprint density at radius 1 is 1.34 bits per heavy atom. The number of nitrogens with two attached hydrogens (primary N) is 1. The highest BCUT2D eigenvalue weighted by molar-refractivity contribution is 6.34. The Labute approximate surface area is 169 Å². The number of H-pyrrole nitrogens is 1. The lowest BCUT2D eigenvalue weighted by atomic mass is 10.0. The van der Waals surface area contributed by atoms with Crippen LogP contribution in [-0.4, -0.2) is 29.4 Å². The molecule has 2 aromatic rings. The van der Waals surface area contributed by atoms with Gasteiger partial charge in [-0.3, -0.25) is 9.59 Å². The minimum Gasteiger partial charge on any atom is -0.358 e. The number of hydrogen-bond acceptors (Lipinski definition) is 3. The molecule has 29 heavy (non-hydrogen) atoms. The fourth-order valence-corrected chi connectivity index (χ4v) is 3.66. The Kier molecular flexibility index (Phi) is 6.17. The van der Waals surface area contributed by atoms with E-state index in [-0.39, 0.29) is 17.9 Å². The fraction of sp³-hybridized carbons (Fsp3) is 0.364. The Hall–Kier alpha value is -2.93. The zero-order chi connectivity index (χ0) is 21.1. The lowest BCUT2D eigenvalue weighted by molar-refractivity contribution is -0.110. The molecule has 1 aromatic heterocycles. The van der Waals surface area contributed by atoms with Crippen LogP contribution in [0.5, 0.6) is 0 Å². The highest BCUT2D eigenvalue weighted by Crippen LogP contribution is 2.34. The Bertz CT molecular complexity index is 977. The molecule has 154 valence electrons. The van der Waals surface area contributed by atoms with Gasteiger partial charge in [0.1, 0.15) is 5.82 Å². The van der Waals surface area contributed by atoms with Crippen LogP contribution in [0.3, 0.4) is 0 Å². The maximum atomic E-state index is 13.7. The third kappa shape index (κ3) is 4.24. The first-order valence-electron chi connectivity index (χ1n) is 9.88. The number of benzene rings is 1. The molecule has 3 rings (SSSR count). The van der Waals surface area contributed by atoms with Gasteiger partial charge in [-0.2, -0.15) is 0 Å². The van der Waals surface area contributed by atoms with Crippen LogP contribution in [0.25, 0.3) is 11.6 Å². The smallest absolute Gasteiger partial charge is 0.256 e. The van der Waals surface area contributed by atoms with E-state index < -0.39 is 5.82 Å². The van der Waals surface area contributed by atoms with E-state index >= 15 is 0 Å². The first-order chi connectivity index (χ1) is 13.8. The average Bonchev–Trinajstić information content (AvgIpc) is 3.14. The van der Waals surface area contributed by atoms with Gasteiger partial charge in [-0.25, -0.2) is 4.39 Å². The van der Waals surface area contributed by atoms with E-state index in [9.17, 15) is 14.0 Å². The molecule has 0 radical (unpaired) electrons. The molecule has 0 bridgehead atoms. The lowest BCUT2D eigenvalue weighted by Gasteiger charge is -2.16. The Morgan fingerprint density at radius 2 is 2.10 bits per heavy atom. The summed E-state index contributed by atoms with van der Waals surface area (Å²) in [6.45, 7) is 6.12. The number of aryl methyl sites for hydroxylation is 1. The van der Waals surface area contributed by atoms with Crippen molar-refractivity contribution in [3.8, 4) is 0 Å². The van der Waals surface area contributed by atoms with Crippen molar-refractivity contribution in [1.82, 2.24) is 10.3 Å². The summed E-state index contributed by atoms with van der Waals surface area (Å²) in [6, 6.07) is 4.10. The predicted octanol–water partition coefficient (Wildman–Crippen LogP) is 3.51. The zero-order valence-corrected chi connectivity index (χ0v) is 17.0. The van der Waals surface area contributed by atoms with Gasteiger partial charge in [0.15, 0.2) is 0 Å². The van der Waals surface area contributed by atoms with Crippen LogP contribution in [0, 0.1) is 19.7 Å². The van der Waals surface area contributed by atoms with Crippen LogP contribution in [0.2, 0.25) is 0 Å². The maximum absolute atomic E-state index is 13.7. The molecule has 2 heterocycles. The van der Waals surface area contributed by atoms with E-state index in [1.807, 2.05) is 13.8 Å². The van der Waals surface area contributed by atoms with Crippen LogP contribution in [-0.2, 0) is 4.79 Å². The van der Waals surface area contributed by atoms with E-state index in [1.165, 1.54) is 12.1 Å². The first kappa shape index (κ1) is 20.8. The van der Waals surface area contributed by atoms with Gasteiger partial charge in [-0.15, -0.1) is 0 Å². The van der Waals surface area contributed by atoms with Gasteiger partial charge in [0.05, 0.1) is 11.1 Å². The van der Waals surface area contributed by atoms with E-state index in [0.29, 0.717) is 40.3 Å². The molecule has 0 aliphatic carbocycles. The number of aromatic amines is 1. The number of nitrogens with one attached hydrogen (secondary N) is 3. The lowest BCUT2D eigenvalue weighted by Crippen LogP contribution is -2.40. The Morgan fingerprint density at radius 3 is 2.79 bits per heavy atom. The molecule has 1 aromatic carbocycles. The molecule has 0 spiro atoms. The predicted molar refractivity (Wildman–Crippen MR) is 113 cm³/mol.